The fourth-order valence-electron chi connectivity index (χ4n) is 2.76. The Bertz CT molecular complexity index is 1200. The molecule has 0 unspecified atom stereocenters. The van der Waals surface area contributed by atoms with E-state index in [0.717, 1.165) is 4.47 Å². The molecule has 3 aromatic carbocycles. The number of hydrogen-bond acceptors (Lipinski definition) is 6. The molecule has 0 radical (unpaired) electrons. The molecular formula is C19H14BrN3O3S2. The van der Waals surface area contributed by atoms with Crippen molar-refractivity contribution in [1.29, 1.82) is 0 Å². The van der Waals surface area contributed by atoms with E-state index in [2.05, 4.69) is 30.6 Å². The van der Waals surface area contributed by atoms with Crippen molar-refractivity contribution in [2.75, 3.05) is 4.72 Å². The summed E-state index contributed by atoms with van der Waals surface area (Å²) in [7, 11) is -3.80. The lowest BCUT2D eigenvalue weighted by Crippen LogP contribution is -2.13. The third-order valence-electron chi connectivity index (χ3n) is 4.08. The molecule has 0 aromatic heterocycles. The smallest absolute Gasteiger partial charge is 0.261 e. The number of benzene rings is 3. The molecule has 1 heterocycles. The number of nitrogens with zero attached hydrogens (tertiary/aromatic N) is 2. The van der Waals surface area contributed by atoms with E-state index in [9.17, 15) is 13.5 Å². The molecule has 0 atom stereocenters. The lowest BCUT2D eigenvalue weighted by atomic mass is 10.1. The van der Waals surface area contributed by atoms with Crippen LogP contribution in [0.3, 0.4) is 0 Å². The molecule has 0 amide bonds. The van der Waals surface area contributed by atoms with Crippen LogP contribution < -0.4 is 4.72 Å². The fourth-order valence-corrected chi connectivity index (χ4v) is 5.00. The second kappa shape index (κ2) is 7.57. The first kappa shape index (κ1) is 19.0. The summed E-state index contributed by atoms with van der Waals surface area (Å²) < 4.78 is 29.1. The molecule has 28 heavy (non-hydrogen) atoms. The van der Waals surface area contributed by atoms with Crippen molar-refractivity contribution in [2.45, 2.75) is 15.3 Å². The number of aliphatic imine (C=N–C) groups is 2. The average molecular weight is 476 g/mol. The number of nitrogens with one attached hydrogen (secondary N) is 1. The number of rotatable bonds is 5. The van der Waals surface area contributed by atoms with Gasteiger partial charge >= 0.3 is 0 Å². The molecule has 1 aliphatic rings. The van der Waals surface area contributed by atoms with Gasteiger partial charge in [0.05, 0.1) is 15.5 Å². The highest BCUT2D eigenvalue weighted by Crippen LogP contribution is 2.42. The predicted molar refractivity (Wildman–Crippen MR) is 117 cm³/mol. The molecule has 0 aliphatic carbocycles. The number of hydrogen-bond donors (Lipinski definition) is 2. The predicted octanol–water partition coefficient (Wildman–Crippen LogP) is 4.64. The summed E-state index contributed by atoms with van der Waals surface area (Å²) in [5.41, 5.74) is -0.0206. The van der Waals surface area contributed by atoms with Gasteiger partial charge in [-0.05, 0) is 30.3 Å². The van der Waals surface area contributed by atoms with Crippen LogP contribution in [0.15, 0.2) is 78.8 Å². The number of aromatic hydroxyl groups is 1. The molecule has 142 valence electrons. The molecular weight excluding hydrogens is 462 g/mol. The average Bonchev–Trinajstić information content (AvgIpc) is 3.19. The van der Waals surface area contributed by atoms with E-state index in [1.54, 1.807) is 54.9 Å². The maximum absolute atomic E-state index is 12.9. The third-order valence-corrected chi connectivity index (χ3v) is 7.01. The summed E-state index contributed by atoms with van der Waals surface area (Å²) in [5.74, 6) is 0.0736. The number of anilines is 1. The van der Waals surface area contributed by atoms with Crippen molar-refractivity contribution >= 4 is 66.6 Å². The Balaban J connectivity index is 1.79. The van der Waals surface area contributed by atoms with Crippen LogP contribution in [-0.2, 0) is 10.0 Å². The quantitative estimate of drug-likeness (QED) is 0.525. The van der Waals surface area contributed by atoms with E-state index < -0.39 is 15.5 Å². The van der Waals surface area contributed by atoms with E-state index in [0.29, 0.717) is 21.4 Å². The first-order valence-corrected chi connectivity index (χ1v) is 11.3. The summed E-state index contributed by atoms with van der Waals surface area (Å²) in [4.78, 5) is 8.99. The Labute approximate surface area is 174 Å². The molecule has 4 rings (SSSR count). The van der Waals surface area contributed by atoms with Crippen molar-refractivity contribution in [3.8, 4) is 5.75 Å². The van der Waals surface area contributed by atoms with Gasteiger partial charge in [-0.3, -0.25) is 14.7 Å². The number of fused-ring (bicyclic) bond motifs is 1. The van der Waals surface area contributed by atoms with Crippen LogP contribution in [-0.4, -0.2) is 31.5 Å². The normalized spacial score (nSPS) is 14.0. The van der Waals surface area contributed by atoms with Crippen molar-refractivity contribution < 1.29 is 13.5 Å². The second-order valence-corrected chi connectivity index (χ2v) is 9.61. The zero-order chi connectivity index (χ0) is 19.7. The maximum Gasteiger partial charge on any atom is 0.261 e. The Kier molecular flexibility index (Phi) is 5.13. The molecule has 2 N–H and O–H groups in total. The molecule has 9 heteroatoms. The van der Waals surface area contributed by atoms with Crippen molar-refractivity contribution in [1.82, 2.24) is 0 Å². The van der Waals surface area contributed by atoms with Crippen molar-refractivity contribution in [3.05, 3.63) is 59.1 Å². The van der Waals surface area contributed by atoms with Gasteiger partial charge in [0.1, 0.15) is 5.75 Å². The lowest BCUT2D eigenvalue weighted by molar-refractivity contribution is 0.469. The van der Waals surface area contributed by atoms with Gasteiger partial charge in [-0.15, -0.1) is 0 Å². The van der Waals surface area contributed by atoms with E-state index in [4.69, 9.17) is 0 Å². The molecule has 6 nitrogen and oxygen atoms in total. The van der Waals surface area contributed by atoms with Crippen LogP contribution in [0.1, 0.15) is 0 Å². The largest absolute Gasteiger partial charge is 0.506 e. The van der Waals surface area contributed by atoms with Crippen LogP contribution >= 0.6 is 27.7 Å². The van der Waals surface area contributed by atoms with Crippen LogP contribution in [0.4, 0.5) is 5.69 Å². The van der Waals surface area contributed by atoms with Crippen LogP contribution in [0.2, 0.25) is 0 Å². The summed E-state index contributed by atoms with van der Waals surface area (Å²) in [6, 6.07) is 15.1. The van der Waals surface area contributed by atoms with E-state index in [1.165, 1.54) is 23.9 Å². The van der Waals surface area contributed by atoms with Crippen LogP contribution in [0.5, 0.6) is 5.75 Å². The summed E-state index contributed by atoms with van der Waals surface area (Å²) in [5, 5.41) is 11.8. The minimum Gasteiger partial charge on any atom is -0.506 e. The van der Waals surface area contributed by atoms with Crippen LogP contribution in [0, 0.1) is 0 Å². The van der Waals surface area contributed by atoms with Gasteiger partial charge in [0, 0.05) is 27.7 Å². The van der Waals surface area contributed by atoms with Gasteiger partial charge < -0.3 is 5.11 Å². The third kappa shape index (κ3) is 3.78. The SMILES string of the molecule is O=S(=O)(Nc1cc(SC2N=CC=N2)c(O)c2ccccc12)c1ccc(Br)cc1. The minimum atomic E-state index is -3.80. The number of halogens is 1. The van der Waals surface area contributed by atoms with E-state index >= 15 is 0 Å². The van der Waals surface area contributed by atoms with Gasteiger partial charge in [0.15, 0.2) is 5.50 Å². The Morgan fingerprint density at radius 2 is 1.64 bits per heavy atom. The Morgan fingerprint density at radius 3 is 2.32 bits per heavy atom. The second-order valence-electron chi connectivity index (χ2n) is 5.92. The minimum absolute atomic E-state index is 0.0736. The molecule has 0 saturated carbocycles. The molecule has 3 aromatic rings. The molecule has 0 fully saturated rings. The molecule has 0 saturated heterocycles. The zero-order valence-electron chi connectivity index (χ0n) is 14.3. The molecule has 0 spiro atoms. The maximum atomic E-state index is 12.9. The van der Waals surface area contributed by atoms with Gasteiger partial charge in [-0.25, -0.2) is 8.42 Å². The monoisotopic (exact) mass is 475 g/mol. The fraction of sp³-hybridized carbons (Fsp3) is 0.0526. The van der Waals surface area contributed by atoms with Gasteiger partial charge in [-0.1, -0.05) is 52.0 Å². The van der Waals surface area contributed by atoms with E-state index in [1.807, 2.05) is 0 Å². The number of thioether (sulfide) groups is 1. The highest BCUT2D eigenvalue weighted by Gasteiger charge is 2.20. The number of phenols is 1. The first-order chi connectivity index (χ1) is 13.4. The highest BCUT2D eigenvalue weighted by molar-refractivity contribution is 9.10. The summed E-state index contributed by atoms with van der Waals surface area (Å²) >= 11 is 4.55. The van der Waals surface area contributed by atoms with Crippen molar-refractivity contribution in [3.63, 3.8) is 0 Å². The lowest BCUT2D eigenvalue weighted by Gasteiger charge is -2.15. The zero-order valence-corrected chi connectivity index (χ0v) is 17.5. The van der Waals surface area contributed by atoms with Gasteiger partial charge in [0.2, 0.25) is 0 Å². The van der Waals surface area contributed by atoms with Crippen LogP contribution in [0.25, 0.3) is 10.8 Å². The van der Waals surface area contributed by atoms with Gasteiger partial charge in [-0.2, -0.15) is 0 Å². The first-order valence-electron chi connectivity index (χ1n) is 8.19. The summed E-state index contributed by atoms with van der Waals surface area (Å²) in [6.07, 6.45) is 3.18. The Hall–Kier alpha value is -2.36. The van der Waals surface area contributed by atoms with Gasteiger partial charge in [0.25, 0.3) is 10.0 Å². The highest BCUT2D eigenvalue weighted by atomic mass is 79.9. The Morgan fingerprint density at radius 1 is 1.00 bits per heavy atom. The molecule has 0 bridgehead atoms. The van der Waals surface area contributed by atoms with Crippen molar-refractivity contribution in [2.24, 2.45) is 9.98 Å². The number of phenolic OH excluding ortho intramolecular Hbond substituents is 1. The topological polar surface area (TPSA) is 91.1 Å². The molecule has 1 aliphatic heterocycles. The summed E-state index contributed by atoms with van der Waals surface area (Å²) in [6.45, 7) is 0. The van der Waals surface area contributed by atoms with E-state index in [-0.39, 0.29) is 10.6 Å². The standard InChI is InChI=1S/C19H14BrN3O3S2/c20-12-5-7-13(8-6-12)28(25,26)23-16-11-17(27-19-21-9-10-22-19)18(24)15-4-2-1-3-14(15)16/h1-11,19,23-24H. The number of sulfonamides is 1.